The molecule has 0 radical (unpaired) electrons. The molecule has 1 aromatic carbocycles. The van der Waals surface area contributed by atoms with Gasteiger partial charge in [0.25, 0.3) is 0 Å². The van der Waals surface area contributed by atoms with E-state index >= 15 is 0 Å². The Labute approximate surface area is 148 Å². The highest BCUT2D eigenvalue weighted by Crippen LogP contribution is 2.48. The number of ether oxygens (including phenoxy) is 2. The smallest absolute Gasteiger partial charge is 0.356 e. The Bertz CT molecular complexity index is 794. The number of fused-ring (bicyclic) bond motifs is 1. The second kappa shape index (κ2) is 6.89. The van der Waals surface area contributed by atoms with Gasteiger partial charge in [-0.2, -0.15) is 17.6 Å². The average molecular weight is 372 g/mol. The van der Waals surface area contributed by atoms with Gasteiger partial charge in [0.1, 0.15) is 5.75 Å². The van der Waals surface area contributed by atoms with Crippen LogP contribution in [0.5, 0.6) is 11.6 Å². The Balaban J connectivity index is 1.94. The van der Waals surface area contributed by atoms with Gasteiger partial charge >= 0.3 is 11.8 Å². The van der Waals surface area contributed by atoms with Crippen molar-refractivity contribution in [2.45, 2.75) is 43.9 Å². The highest BCUT2D eigenvalue weighted by Gasteiger charge is 2.59. The molecular weight excluding hydrogens is 352 g/mol. The van der Waals surface area contributed by atoms with Gasteiger partial charge in [0.2, 0.25) is 5.88 Å². The zero-order valence-corrected chi connectivity index (χ0v) is 14.6. The highest BCUT2D eigenvalue weighted by atomic mass is 19.3. The highest BCUT2D eigenvalue weighted by molar-refractivity contribution is 5.77. The summed E-state index contributed by atoms with van der Waals surface area (Å²) in [5.41, 5.74) is -0.859. The topological polar surface area (TPSA) is 44.2 Å². The number of halogens is 4. The van der Waals surface area contributed by atoms with Crippen LogP contribution in [0.15, 0.2) is 18.2 Å². The standard InChI is InChI=1S/C18H20F4N2O2/c1-25-12-7-8-13-14(10-12)24-16(26-2)15(23-13)18(21,22)17(19,20)9-3-4-11-5-6-11/h7-8,10-11H,3-6,9H2,1-2H3. The lowest BCUT2D eigenvalue weighted by Crippen LogP contribution is -2.39. The van der Waals surface area contributed by atoms with E-state index in [2.05, 4.69) is 9.97 Å². The largest absolute Gasteiger partial charge is 0.497 e. The molecule has 1 heterocycles. The molecule has 0 unspecified atom stereocenters. The summed E-state index contributed by atoms with van der Waals surface area (Å²) in [7, 11) is 2.54. The number of nitrogens with zero attached hydrogens (tertiary/aromatic N) is 2. The van der Waals surface area contributed by atoms with Crippen LogP contribution in [0.2, 0.25) is 0 Å². The fraction of sp³-hybridized carbons (Fsp3) is 0.556. The minimum absolute atomic E-state index is 0.0494. The molecule has 0 spiro atoms. The number of methoxy groups -OCH3 is 2. The third-order valence-electron chi connectivity index (χ3n) is 4.59. The second-order valence-electron chi connectivity index (χ2n) is 6.55. The van der Waals surface area contributed by atoms with Gasteiger partial charge in [0.05, 0.1) is 25.3 Å². The Morgan fingerprint density at radius 1 is 1.04 bits per heavy atom. The molecule has 142 valence electrons. The molecule has 4 nitrogen and oxygen atoms in total. The van der Waals surface area contributed by atoms with Crippen molar-refractivity contribution in [3.63, 3.8) is 0 Å². The fourth-order valence-corrected chi connectivity index (χ4v) is 2.84. The van der Waals surface area contributed by atoms with Crippen LogP contribution in [0.1, 0.15) is 37.8 Å². The molecular formula is C18H20F4N2O2. The third-order valence-corrected chi connectivity index (χ3v) is 4.59. The van der Waals surface area contributed by atoms with Gasteiger partial charge < -0.3 is 9.47 Å². The molecule has 0 bridgehead atoms. The maximum atomic E-state index is 14.6. The molecule has 1 aliphatic rings. The number of hydrogen-bond acceptors (Lipinski definition) is 4. The summed E-state index contributed by atoms with van der Waals surface area (Å²) >= 11 is 0. The van der Waals surface area contributed by atoms with Gasteiger partial charge in [-0.1, -0.05) is 19.3 Å². The maximum Gasteiger partial charge on any atom is 0.356 e. The lowest BCUT2D eigenvalue weighted by atomic mass is 10.0. The average Bonchev–Trinajstić information content (AvgIpc) is 3.43. The van der Waals surface area contributed by atoms with Crippen molar-refractivity contribution in [3.8, 4) is 11.6 Å². The van der Waals surface area contributed by atoms with Crippen LogP contribution in [-0.4, -0.2) is 30.1 Å². The first-order valence-electron chi connectivity index (χ1n) is 8.44. The molecule has 3 rings (SSSR count). The van der Waals surface area contributed by atoms with Crippen LogP contribution in [0, 0.1) is 5.92 Å². The number of benzene rings is 1. The predicted octanol–water partition coefficient (Wildman–Crippen LogP) is 4.95. The predicted molar refractivity (Wildman–Crippen MR) is 88.1 cm³/mol. The van der Waals surface area contributed by atoms with Crippen molar-refractivity contribution in [2.24, 2.45) is 5.92 Å². The van der Waals surface area contributed by atoms with E-state index in [4.69, 9.17) is 9.47 Å². The summed E-state index contributed by atoms with van der Waals surface area (Å²) in [5.74, 6) is -8.48. The number of aromatic nitrogens is 2. The molecule has 1 aliphatic carbocycles. The summed E-state index contributed by atoms with van der Waals surface area (Å²) in [6.07, 6.45) is 1.69. The molecule has 0 aliphatic heterocycles. The van der Waals surface area contributed by atoms with Crippen molar-refractivity contribution in [1.82, 2.24) is 9.97 Å². The molecule has 0 saturated heterocycles. The molecule has 0 N–H and O–H groups in total. The van der Waals surface area contributed by atoms with Crippen LogP contribution in [0.25, 0.3) is 11.0 Å². The van der Waals surface area contributed by atoms with Crippen molar-refractivity contribution < 1.29 is 27.0 Å². The maximum absolute atomic E-state index is 14.6. The normalized spacial score (nSPS) is 15.3. The van der Waals surface area contributed by atoms with Crippen molar-refractivity contribution in [2.75, 3.05) is 14.2 Å². The SMILES string of the molecule is COc1ccc2nc(C(F)(F)C(F)(F)CCCC3CC3)c(OC)nc2c1. The molecule has 0 amide bonds. The number of hydrogen-bond donors (Lipinski definition) is 0. The van der Waals surface area contributed by atoms with Gasteiger partial charge in [-0.15, -0.1) is 0 Å². The Morgan fingerprint density at radius 2 is 1.77 bits per heavy atom. The summed E-state index contributed by atoms with van der Waals surface area (Å²) < 4.78 is 67.7. The van der Waals surface area contributed by atoms with Gasteiger partial charge in [-0.3, -0.25) is 0 Å². The second-order valence-corrected chi connectivity index (χ2v) is 6.55. The fourth-order valence-electron chi connectivity index (χ4n) is 2.84. The number of alkyl halides is 4. The molecule has 2 aromatic rings. The molecule has 26 heavy (non-hydrogen) atoms. The molecule has 1 saturated carbocycles. The van der Waals surface area contributed by atoms with Gasteiger partial charge in [-0.05, 0) is 24.5 Å². The molecule has 8 heteroatoms. The minimum atomic E-state index is -4.48. The van der Waals surface area contributed by atoms with Gasteiger partial charge in [0, 0.05) is 12.5 Å². The van der Waals surface area contributed by atoms with Gasteiger partial charge in [-0.25, -0.2) is 9.97 Å². The van der Waals surface area contributed by atoms with Gasteiger partial charge in [0.15, 0.2) is 5.69 Å². The zero-order valence-electron chi connectivity index (χ0n) is 14.6. The monoisotopic (exact) mass is 372 g/mol. The van der Waals surface area contributed by atoms with Crippen LogP contribution >= 0.6 is 0 Å². The number of rotatable bonds is 8. The lowest BCUT2D eigenvalue weighted by Gasteiger charge is -2.27. The molecule has 1 aromatic heterocycles. The lowest BCUT2D eigenvalue weighted by molar-refractivity contribution is -0.222. The first-order chi connectivity index (χ1) is 12.3. The van der Waals surface area contributed by atoms with E-state index in [0.717, 1.165) is 20.0 Å². The summed E-state index contributed by atoms with van der Waals surface area (Å²) in [6.45, 7) is 0. The Hall–Kier alpha value is -2.12. The van der Waals surface area contributed by atoms with Crippen LogP contribution in [0.3, 0.4) is 0 Å². The van der Waals surface area contributed by atoms with E-state index in [1.165, 1.54) is 25.3 Å². The summed E-state index contributed by atoms with van der Waals surface area (Å²) in [6, 6.07) is 4.37. The van der Waals surface area contributed by atoms with E-state index in [1.807, 2.05) is 0 Å². The Morgan fingerprint density at radius 3 is 2.38 bits per heavy atom. The minimum Gasteiger partial charge on any atom is -0.497 e. The van der Waals surface area contributed by atoms with Crippen molar-refractivity contribution in [3.05, 3.63) is 23.9 Å². The van der Waals surface area contributed by atoms with E-state index in [1.54, 1.807) is 0 Å². The van der Waals surface area contributed by atoms with Crippen molar-refractivity contribution >= 4 is 11.0 Å². The molecule has 1 fully saturated rings. The zero-order chi connectivity index (χ0) is 18.9. The first-order valence-corrected chi connectivity index (χ1v) is 8.44. The summed E-state index contributed by atoms with van der Waals surface area (Å²) in [4.78, 5) is 7.66. The van der Waals surface area contributed by atoms with Crippen LogP contribution < -0.4 is 9.47 Å². The van der Waals surface area contributed by atoms with Crippen molar-refractivity contribution in [1.29, 1.82) is 0 Å². The van der Waals surface area contributed by atoms with Crippen LogP contribution in [0.4, 0.5) is 17.6 Å². The third kappa shape index (κ3) is 3.54. The quantitative estimate of drug-likeness (QED) is 0.615. The molecule has 0 atom stereocenters. The Kier molecular flexibility index (Phi) is 4.94. The summed E-state index contributed by atoms with van der Waals surface area (Å²) in [5, 5.41) is 0. The van der Waals surface area contributed by atoms with E-state index in [9.17, 15) is 17.6 Å². The van der Waals surface area contributed by atoms with Crippen LogP contribution in [-0.2, 0) is 5.92 Å². The van der Waals surface area contributed by atoms with E-state index in [0.29, 0.717) is 18.1 Å². The van der Waals surface area contributed by atoms with E-state index < -0.39 is 29.8 Å². The van der Waals surface area contributed by atoms with E-state index in [-0.39, 0.29) is 17.5 Å². The first kappa shape index (κ1) is 18.7.